The van der Waals surface area contributed by atoms with Gasteiger partial charge in [0.15, 0.2) is 5.75 Å². The normalized spacial score (nSPS) is 9.94. The van der Waals surface area contributed by atoms with E-state index in [-0.39, 0.29) is 0 Å². The molecule has 0 bridgehead atoms. The first-order valence-electron chi connectivity index (χ1n) is 5.31. The summed E-state index contributed by atoms with van der Waals surface area (Å²) >= 11 is 1.43. The van der Waals surface area contributed by atoms with Gasteiger partial charge in [-0.1, -0.05) is 0 Å². The Balaban J connectivity index is 2.20. The van der Waals surface area contributed by atoms with Crippen LogP contribution in [0.15, 0.2) is 24.3 Å². The zero-order valence-corrected chi connectivity index (χ0v) is 10.6. The molecule has 0 aliphatic carbocycles. The fourth-order valence-corrected chi connectivity index (χ4v) is 2.51. The molecule has 0 spiro atoms. The molecule has 0 atom stereocenters. The number of anilines is 1. The minimum atomic E-state index is 0.532. The van der Waals surface area contributed by atoms with Crippen LogP contribution in [0, 0.1) is 18.3 Å². The van der Waals surface area contributed by atoms with E-state index in [0.717, 1.165) is 21.9 Å². The van der Waals surface area contributed by atoms with Crippen LogP contribution in [0.1, 0.15) is 16.0 Å². The van der Waals surface area contributed by atoms with Crippen LogP contribution in [-0.4, -0.2) is 7.05 Å². The number of rotatable bonds is 4. The molecule has 0 fully saturated rings. The molecule has 0 aliphatic heterocycles. The number of nitrogens with one attached hydrogen (secondary N) is 1. The number of thiophene rings is 1. The molecule has 0 saturated heterocycles. The molecule has 1 N–H and O–H groups in total. The maximum absolute atomic E-state index is 8.98. The quantitative estimate of drug-likeness (QED) is 0.841. The van der Waals surface area contributed by atoms with Crippen molar-refractivity contribution in [3.63, 3.8) is 0 Å². The lowest BCUT2D eigenvalue weighted by molar-refractivity contribution is 0.307. The fourth-order valence-electron chi connectivity index (χ4n) is 1.61. The highest BCUT2D eigenvalue weighted by atomic mass is 32.1. The second-order valence-electron chi connectivity index (χ2n) is 3.66. The zero-order valence-electron chi connectivity index (χ0n) is 9.78. The van der Waals surface area contributed by atoms with Crippen LogP contribution in [0.4, 0.5) is 5.00 Å². The average molecular weight is 245 g/mol. The van der Waals surface area contributed by atoms with Crippen molar-refractivity contribution in [2.24, 2.45) is 0 Å². The van der Waals surface area contributed by atoms with Crippen LogP contribution < -0.4 is 10.1 Å². The van der Waals surface area contributed by atoms with Crippen molar-refractivity contribution in [3.8, 4) is 11.8 Å². The Labute approximate surface area is 105 Å². The van der Waals surface area contributed by atoms with Crippen molar-refractivity contribution in [3.05, 3.63) is 40.3 Å². The van der Waals surface area contributed by atoms with Gasteiger partial charge in [0.1, 0.15) is 15.9 Å². The molecule has 3 nitrogen and oxygen atoms in total. The molecular weight excluding hydrogens is 232 g/mol. The Kier molecular flexibility index (Phi) is 3.40. The minimum Gasteiger partial charge on any atom is -0.488 e. The summed E-state index contributed by atoms with van der Waals surface area (Å²) in [6.45, 7) is 2.44. The third kappa shape index (κ3) is 2.29. The Morgan fingerprint density at radius 3 is 3.00 bits per heavy atom. The summed E-state index contributed by atoms with van der Waals surface area (Å²) in [6.07, 6.45) is 0. The van der Waals surface area contributed by atoms with Crippen LogP contribution in [0.3, 0.4) is 0 Å². The summed E-state index contributed by atoms with van der Waals surface area (Å²) in [4.78, 5) is 0.701. The van der Waals surface area contributed by atoms with Gasteiger partial charge in [0.05, 0.1) is 6.61 Å². The summed E-state index contributed by atoms with van der Waals surface area (Å²) in [6, 6.07) is 10.2. The van der Waals surface area contributed by atoms with E-state index in [1.54, 1.807) is 0 Å². The lowest BCUT2D eigenvalue weighted by atomic mass is 10.2. The van der Waals surface area contributed by atoms with Crippen molar-refractivity contribution in [1.29, 1.82) is 5.26 Å². The first-order chi connectivity index (χ1) is 8.26. The molecule has 0 amide bonds. The van der Waals surface area contributed by atoms with Crippen LogP contribution in [0.2, 0.25) is 0 Å². The van der Waals surface area contributed by atoms with Gasteiger partial charge in [-0.25, -0.2) is 12.1 Å². The molecule has 0 unspecified atom stereocenters. The topological polar surface area (TPSA) is 45.0 Å². The van der Waals surface area contributed by atoms with Gasteiger partial charge in [0.2, 0.25) is 0 Å². The van der Waals surface area contributed by atoms with Gasteiger partial charge < -0.3 is 10.1 Å². The molecule has 1 aromatic heterocycles. The predicted molar refractivity (Wildman–Crippen MR) is 69.7 cm³/mol. The molecule has 1 aromatic carbocycles. The van der Waals surface area contributed by atoms with E-state index in [1.165, 1.54) is 11.3 Å². The maximum atomic E-state index is 8.98. The van der Waals surface area contributed by atoms with Gasteiger partial charge in [0, 0.05) is 12.6 Å². The second kappa shape index (κ2) is 4.98. The molecular formula is C13H13N2OS-. The molecule has 4 heteroatoms. The van der Waals surface area contributed by atoms with Crippen molar-refractivity contribution in [1.82, 2.24) is 0 Å². The molecule has 1 heterocycles. The number of nitriles is 1. The fraction of sp³-hybridized carbons (Fsp3) is 0.231. The summed E-state index contributed by atoms with van der Waals surface area (Å²) < 4.78 is 5.78. The summed E-state index contributed by atoms with van der Waals surface area (Å²) in [5, 5.41) is 13.0. The number of ether oxygens (including phenoxy) is 1. The summed E-state index contributed by atoms with van der Waals surface area (Å²) in [7, 11) is 1.84. The first kappa shape index (κ1) is 11.6. The molecule has 17 heavy (non-hydrogen) atoms. The second-order valence-corrected chi connectivity index (χ2v) is 4.68. The molecule has 88 valence electrons. The van der Waals surface area contributed by atoms with E-state index < -0.39 is 0 Å². The van der Waals surface area contributed by atoms with Crippen LogP contribution >= 0.6 is 11.3 Å². The van der Waals surface area contributed by atoms with E-state index in [9.17, 15) is 0 Å². The molecule has 0 aliphatic rings. The third-order valence-electron chi connectivity index (χ3n) is 2.54. The number of nitrogens with zero attached hydrogens (tertiary/aromatic N) is 1. The number of hydrogen-bond donors (Lipinski definition) is 1. The zero-order chi connectivity index (χ0) is 12.3. The van der Waals surface area contributed by atoms with Crippen molar-refractivity contribution in [2.75, 3.05) is 12.4 Å². The van der Waals surface area contributed by atoms with Crippen molar-refractivity contribution >= 4 is 16.3 Å². The Hall–Kier alpha value is -1.86. The van der Waals surface area contributed by atoms with Crippen molar-refractivity contribution in [2.45, 2.75) is 13.5 Å². The van der Waals surface area contributed by atoms with Gasteiger partial charge in [-0.3, -0.25) is 0 Å². The Morgan fingerprint density at radius 1 is 1.59 bits per heavy atom. The van der Waals surface area contributed by atoms with E-state index in [0.29, 0.717) is 11.5 Å². The van der Waals surface area contributed by atoms with Gasteiger partial charge in [-0.15, -0.1) is 16.9 Å². The van der Waals surface area contributed by atoms with E-state index in [2.05, 4.69) is 11.4 Å². The third-order valence-corrected chi connectivity index (χ3v) is 3.73. The monoisotopic (exact) mass is 245 g/mol. The average Bonchev–Trinajstić information content (AvgIpc) is 2.94. The van der Waals surface area contributed by atoms with Crippen LogP contribution in [0.25, 0.3) is 0 Å². The largest absolute Gasteiger partial charge is 0.488 e. The van der Waals surface area contributed by atoms with E-state index in [4.69, 9.17) is 10.00 Å². The maximum Gasteiger partial charge on any atom is 0.158 e. The van der Waals surface area contributed by atoms with Gasteiger partial charge in [-0.2, -0.15) is 17.4 Å². The lowest BCUT2D eigenvalue weighted by Crippen LogP contribution is -1.97. The highest BCUT2D eigenvalue weighted by Crippen LogP contribution is 2.39. The molecule has 0 radical (unpaired) electrons. The predicted octanol–water partition coefficient (Wildman–Crippen LogP) is 3.27. The van der Waals surface area contributed by atoms with E-state index >= 15 is 0 Å². The molecule has 2 aromatic rings. The highest BCUT2D eigenvalue weighted by Gasteiger charge is 2.14. The lowest BCUT2D eigenvalue weighted by Gasteiger charge is -2.09. The SMILES string of the molecule is CNc1sc(C#N)c(C)c1OCc1ccc[cH-]1. The van der Waals surface area contributed by atoms with E-state index in [1.807, 2.05) is 38.2 Å². The molecule has 2 rings (SSSR count). The first-order valence-corrected chi connectivity index (χ1v) is 6.12. The minimum absolute atomic E-state index is 0.532. The van der Waals surface area contributed by atoms with Gasteiger partial charge in [0.25, 0.3) is 0 Å². The van der Waals surface area contributed by atoms with Crippen LogP contribution in [0.5, 0.6) is 5.75 Å². The smallest absolute Gasteiger partial charge is 0.158 e. The van der Waals surface area contributed by atoms with Gasteiger partial charge >= 0.3 is 0 Å². The number of hydrogen-bond acceptors (Lipinski definition) is 4. The summed E-state index contributed by atoms with van der Waals surface area (Å²) in [5.74, 6) is 0.787. The Bertz CT molecular complexity index is 535. The standard InChI is InChI=1S/C13H13N2OS/c1-9-11(7-14)17-13(15-2)12(9)16-8-10-5-3-4-6-10/h3-6,15H,8H2,1-2H3/q-1. The summed E-state index contributed by atoms with van der Waals surface area (Å²) in [5.41, 5.74) is 2.05. The van der Waals surface area contributed by atoms with Crippen LogP contribution in [-0.2, 0) is 6.61 Å². The van der Waals surface area contributed by atoms with Gasteiger partial charge in [-0.05, 0) is 6.92 Å². The highest BCUT2D eigenvalue weighted by molar-refractivity contribution is 7.17. The molecule has 0 saturated carbocycles. The van der Waals surface area contributed by atoms with Crippen molar-refractivity contribution < 1.29 is 4.74 Å². The Morgan fingerprint density at radius 2 is 2.41 bits per heavy atom.